The molecule has 1 aliphatic carbocycles. The number of rotatable bonds is 4. The van der Waals surface area contributed by atoms with Crippen molar-refractivity contribution in [1.82, 2.24) is 10.2 Å². The summed E-state index contributed by atoms with van der Waals surface area (Å²) in [6, 6.07) is 5.23. The second-order valence-corrected chi connectivity index (χ2v) is 7.52. The fraction of sp³-hybridized carbons (Fsp3) is 0.688. The van der Waals surface area contributed by atoms with Crippen LogP contribution in [0, 0.1) is 5.92 Å². The van der Waals surface area contributed by atoms with Gasteiger partial charge in [-0.05, 0) is 37.1 Å². The molecule has 4 rings (SSSR count). The largest absolute Gasteiger partial charge is 0.377 e. The highest BCUT2D eigenvalue weighted by Crippen LogP contribution is 2.33. The van der Waals surface area contributed by atoms with E-state index >= 15 is 0 Å². The fourth-order valence-corrected chi connectivity index (χ4v) is 4.30. The predicted molar refractivity (Wildman–Crippen MR) is 82.1 cm³/mol. The van der Waals surface area contributed by atoms with Gasteiger partial charge in [-0.3, -0.25) is 9.69 Å². The van der Waals surface area contributed by atoms with Crippen molar-refractivity contribution in [2.75, 3.05) is 13.2 Å². The quantitative estimate of drug-likeness (QED) is 0.925. The number of fused-ring (bicyclic) bond motifs is 1. The Hall–Kier alpha value is -0.910. The Balaban J connectivity index is 1.46. The van der Waals surface area contributed by atoms with E-state index in [-0.39, 0.29) is 17.9 Å². The number of hydrogen-bond acceptors (Lipinski definition) is 4. The molecule has 0 radical (unpaired) electrons. The van der Waals surface area contributed by atoms with Crippen molar-refractivity contribution in [3.05, 3.63) is 22.4 Å². The third-order valence-electron chi connectivity index (χ3n) is 4.85. The number of piperidine rings is 1. The smallest absolute Gasteiger partial charge is 0.224 e. The number of carbonyl (C=O) groups excluding carboxylic acids is 1. The van der Waals surface area contributed by atoms with Crippen LogP contribution in [0.3, 0.4) is 0 Å². The first-order chi connectivity index (χ1) is 10.3. The molecule has 114 valence electrons. The molecule has 4 nitrogen and oxygen atoms in total. The van der Waals surface area contributed by atoms with E-state index in [9.17, 15) is 4.79 Å². The summed E-state index contributed by atoms with van der Waals surface area (Å²) < 4.78 is 5.89. The van der Waals surface area contributed by atoms with Gasteiger partial charge in [-0.2, -0.15) is 0 Å². The second-order valence-electron chi connectivity index (χ2n) is 6.49. The number of nitrogens with zero attached hydrogens (tertiary/aromatic N) is 1. The summed E-state index contributed by atoms with van der Waals surface area (Å²) in [5.74, 6) is 0.326. The molecule has 1 saturated carbocycles. The molecule has 1 aromatic rings. The molecule has 5 heteroatoms. The Morgan fingerprint density at radius 1 is 1.43 bits per heavy atom. The molecule has 0 aromatic carbocycles. The van der Waals surface area contributed by atoms with Gasteiger partial charge in [0.2, 0.25) is 5.91 Å². The van der Waals surface area contributed by atoms with Gasteiger partial charge in [0.1, 0.15) is 0 Å². The van der Waals surface area contributed by atoms with Crippen molar-refractivity contribution >= 4 is 17.2 Å². The van der Waals surface area contributed by atoms with Gasteiger partial charge in [0.05, 0.1) is 12.0 Å². The Labute approximate surface area is 129 Å². The molecule has 1 N–H and O–H groups in total. The molecule has 0 unspecified atom stereocenters. The van der Waals surface area contributed by atoms with Crippen molar-refractivity contribution in [2.45, 2.75) is 50.4 Å². The zero-order chi connectivity index (χ0) is 14.2. The summed E-state index contributed by atoms with van der Waals surface area (Å²) in [4.78, 5) is 16.2. The van der Waals surface area contributed by atoms with Gasteiger partial charge in [0, 0.05) is 36.7 Å². The maximum absolute atomic E-state index is 12.4. The van der Waals surface area contributed by atoms with E-state index in [2.05, 4.69) is 27.7 Å². The highest BCUT2D eigenvalue weighted by atomic mass is 32.1. The maximum Gasteiger partial charge on any atom is 0.224 e. The van der Waals surface area contributed by atoms with E-state index in [0.717, 1.165) is 45.4 Å². The van der Waals surface area contributed by atoms with Crippen LogP contribution in [-0.4, -0.2) is 42.1 Å². The van der Waals surface area contributed by atoms with Gasteiger partial charge in [-0.25, -0.2) is 0 Å². The van der Waals surface area contributed by atoms with Gasteiger partial charge in [0.25, 0.3) is 0 Å². The lowest BCUT2D eigenvalue weighted by atomic mass is 9.89. The number of thiophene rings is 1. The van der Waals surface area contributed by atoms with Crippen molar-refractivity contribution in [1.29, 1.82) is 0 Å². The molecule has 3 aliphatic rings. The lowest BCUT2D eigenvalue weighted by molar-refractivity contribution is -0.129. The average molecular weight is 306 g/mol. The summed E-state index contributed by atoms with van der Waals surface area (Å²) >= 11 is 1.80. The second kappa shape index (κ2) is 5.71. The van der Waals surface area contributed by atoms with Crippen LogP contribution in [0.4, 0.5) is 0 Å². The van der Waals surface area contributed by atoms with E-state index in [1.807, 2.05) is 0 Å². The summed E-state index contributed by atoms with van der Waals surface area (Å²) in [5, 5.41) is 5.29. The van der Waals surface area contributed by atoms with Crippen LogP contribution in [-0.2, 0) is 16.1 Å². The third-order valence-corrected chi connectivity index (χ3v) is 5.71. The van der Waals surface area contributed by atoms with Crippen molar-refractivity contribution in [3.63, 3.8) is 0 Å². The summed E-state index contributed by atoms with van der Waals surface area (Å²) in [7, 11) is 0. The summed E-state index contributed by atoms with van der Waals surface area (Å²) in [6.07, 6.45) is 4.55. The number of nitrogens with one attached hydrogen (secondary N) is 1. The third kappa shape index (κ3) is 3.00. The topological polar surface area (TPSA) is 41.6 Å². The first-order valence-corrected chi connectivity index (χ1v) is 8.86. The van der Waals surface area contributed by atoms with Crippen LogP contribution in [0.5, 0.6) is 0 Å². The number of hydrogen-bond donors (Lipinski definition) is 1. The van der Waals surface area contributed by atoms with Crippen molar-refractivity contribution in [2.24, 2.45) is 5.92 Å². The van der Waals surface area contributed by atoms with E-state index < -0.39 is 0 Å². The normalized spacial score (nSPS) is 32.9. The van der Waals surface area contributed by atoms with Crippen molar-refractivity contribution < 1.29 is 9.53 Å². The van der Waals surface area contributed by atoms with E-state index in [1.54, 1.807) is 11.3 Å². The van der Waals surface area contributed by atoms with Crippen LogP contribution in [0.15, 0.2) is 17.5 Å². The Bertz CT molecular complexity index is 500. The van der Waals surface area contributed by atoms with Crippen LogP contribution in [0.1, 0.15) is 30.6 Å². The minimum Gasteiger partial charge on any atom is -0.377 e. The Kier molecular flexibility index (Phi) is 3.73. The zero-order valence-electron chi connectivity index (χ0n) is 12.2. The summed E-state index contributed by atoms with van der Waals surface area (Å²) in [6.45, 7) is 2.67. The van der Waals surface area contributed by atoms with Gasteiger partial charge >= 0.3 is 0 Å². The molecule has 3 atom stereocenters. The molecule has 2 aliphatic heterocycles. The number of carbonyl (C=O) groups is 1. The van der Waals surface area contributed by atoms with E-state index in [0.29, 0.717) is 12.1 Å². The molecule has 3 fully saturated rings. The lowest BCUT2D eigenvalue weighted by Crippen LogP contribution is -2.52. The molecule has 0 bridgehead atoms. The predicted octanol–water partition coefficient (Wildman–Crippen LogP) is 2.01. The van der Waals surface area contributed by atoms with Gasteiger partial charge < -0.3 is 10.1 Å². The van der Waals surface area contributed by atoms with Gasteiger partial charge in [0.15, 0.2) is 0 Å². The van der Waals surface area contributed by atoms with Crippen molar-refractivity contribution in [3.8, 4) is 0 Å². The minimum atomic E-state index is 0.0879. The lowest BCUT2D eigenvalue weighted by Gasteiger charge is -2.40. The van der Waals surface area contributed by atoms with E-state index in [4.69, 9.17) is 4.74 Å². The molecule has 1 aromatic heterocycles. The Morgan fingerprint density at radius 3 is 3.10 bits per heavy atom. The van der Waals surface area contributed by atoms with Crippen LogP contribution >= 0.6 is 11.3 Å². The first-order valence-electron chi connectivity index (χ1n) is 7.98. The fourth-order valence-electron chi connectivity index (χ4n) is 3.57. The van der Waals surface area contributed by atoms with Crippen LogP contribution in [0.25, 0.3) is 0 Å². The zero-order valence-corrected chi connectivity index (χ0v) is 13.0. The standard InChI is InChI=1S/C16H22N2O2S/c19-16(17-12-3-4-12)11-8-15-14(5-6-20-15)18(9-11)10-13-2-1-7-21-13/h1-2,7,11-12,14-15H,3-6,8-10H2,(H,17,19)/t11-,14+,15+/m0/s1. The average Bonchev–Trinajstić information content (AvgIpc) is 2.97. The number of ether oxygens (including phenoxy) is 1. The highest BCUT2D eigenvalue weighted by molar-refractivity contribution is 7.09. The molecule has 2 saturated heterocycles. The molecule has 0 spiro atoms. The minimum absolute atomic E-state index is 0.0879. The molecular formula is C16H22N2O2S. The molecule has 3 heterocycles. The maximum atomic E-state index is 12.4. The SMILES string of the molecule is O=C(NC1CC1)[C@H]1C[C@H]2OCC[C@H]2N(Cc2cccs2)C1. The van der Waals surface area contributed by atoms with Gasteiger partial charge in [-0.15, -0.1) is 11.3 Å². The molecule has 1 amide bonds. The van der Waals surface area contributed by atoms with Crippen LogP contribution in [0.2, 0.25) is 0 Å². The molecule has 21 heavy (non-hydrogen) atoms. The van der Waals surface area contributed by atoms with E-state index in [1.165, 1.54) is 4.88 Å². The van der Waals surface area contributed by atoms with Gasteiger partial charge in [-0.1, -0.05) is 6.07 Å². The molecular weight excluding hydrogens is 284 g/mol. The first kappa shape index (κ1) is 13.7. The summed E-state index contributed by atoms with van der Waals surface area (Å²) in [5.41, 5.74) is 0. The van der Waals surface area contributed by atoms with Crippen LogP contribution < -0.4 is 5.32 Å². The number of amides is 1. The number of likely N-dealkylation sites (tertiary alicyclic amines) is 1. The monoisotopic (exact) mass is 306 g/mol. The highest BCUT2D eigenvalue weighted by Gasteiger charge is 2.42. The Morgan fingerprint density at radius 2 is 2.33 bits per heavy atom.